The zero-order chi connectivity index (χ0) is 19.3. The highest BCUT2D eigenvalue weighted by Gasteiger charge is 2.36. The van der Waals surface area contributed by atoms with Crippen LogP contribution in [0.5, 0.6) is 11.5 Å². The standard InChI is InChI=1S/C24H27NO2/c1-18(2)25-24(19-8-6-5-7-9-19,20-10-14-22(26-3)15-11-20)21-12-16-23(27-4)17-13-21/h5-18,25H,1-4H3. The van der Waals surface area contributed by atoms with Gasteiger partial charge in [-0.2, -0.15) is 0 Å². The molecule has 0 saturated heterocycles. The van der Waals surface area contributed by atoms with Crippen LogP contribution in [-0.2, 0) is 5.54 Å². The molecule has 0 aliphatic carbocycles. The van der Waals surface area contributed by atoms with Crippen molar-refractivity contribution in [3.63, 3.8) is 0 Å². The molecule has 0 atom stereocenters. The van der Waals surface area contributed by atoms with Crippen LogP contribution in [-0.4, -0.2) is 20.3 Å². The van der Waals surface area contributed by atoms with Gasteiger partial charge in [0.15, 0.2) is 0 Å². The summed E-state index contributed by atoms with van der Waals surface area (Å²) in [7, 11) is 3.38. The third kappa shape index (κ3) is 3.83. The molecule has 0 spiro atoms. The highest BCUT2D eigenvalue weighted by molar-refractivity contribution is 5.51. The van der Waals surface area contributed by atoms with Gasteiger partial charge in [-0.05, 0) is 54.8 Å². The summed E-state index contributed by atoms with van der Waals surface area (Å²) >= 11 is 0. The Balaban J connectivity index is 2.26. The van der Waals surface area contributed by atoms with E-state index in [9.17, 15) is 0 Å². The highest BCUT2D eigenvalue weighted by atomic mass is 16.5. The van der Waals surface area contributed by atoms with Crippen LogP contribution in [0, 0.1) is 0 Å². The number of ether oxygens (including phenoxy) is 2. The second-order valence-corrected chi connectivity index (χ2v) is 6.87. The van der Waals surface area contributed by atoms with Crippen LogP contribution >= 0.6 is 0 Å². The summed E-state index contributed by atoms with van der Waals surface area (Å²) in [4.78, 5) is 0. The fourth-order valence-corrected chi connectivity index (χ4v) is 3.55. The van der Waals surface area contributed by atoms with Gasteiger partial charge < -0.3 is 9.47 Å². The molecule has 3 aromatic carbocycles. The maximum Gasteiger partial charge on any atom is 0.118 e. The predicted octanol–water partition coefficient (Wildman–Crippen LogP) is 4.99. The fraction of sp³-hybridized carbons (Fsp3) is 0.250. The van der Waals surface area contributed by atoms with Crippen molar-refractivity contribution >= 4 is 0 Å². The van der Waals surface area contributed by atoms with Crippen LogP contribution in [0.3, 0.4) is 0 Å². The smallest absolute Gasteiger partial charge is 0.118 e. The van der Waals surface area contributed by atoms with E-state index in [1.165, 1.54) is 5.56 Å². The molecule has 0 radical (unpaired) electrons. The molecule has 0 aliphatic heterocycles. The van der Waals surface area contributed by atoms with Crippen molar-refractivity contribution in [3.8, 4) is 11.5 Å². The van der Waals surface area contributed by atoms with Crippen molar-refractivity contribution in [2.24, 2.45) is 0 Å². The van der Waals surface area contributed by atoms with Gasteiger partial charge in [-0.25, -0.2) is 0 Å². The molecular weight excluding hydrogens is 334 g/mol. The summed E-state index contributed by atoms with van der Waals surface area (Å²) < 4.78 is 10.7. The Bertz CT molecular complexity index is 792. The lowest BCUT2D eigenvalue weighted by atomic mass is 9.76. The van der Waals surface area contributed by atoms with Crippen LogP contribution < -0.4 is 14.8 Å². The molecule has 0 heterocycles. The van der Waals surface area contributed by atoms with Gasteiger partial charge in [-0.3, -0.25) is 5.32 Å². The SMILES string of the molecule is COc1ccc(C(NC(C)C)(c2ccccc2)c2ccc(OC)cc2)cc1. The summed E-state index contributed by atoms with van der Waals surface area (Å²) in [6.07, 6.45) is 0. The molecule has 0 amide bonds. The first-order chi connectivity index (χ1) is 13.1. The summed E-state index contributed by atoms with van der Waals surface area (Å²) in [5, 5.41) is 3.84. The van der Waals surface area contributed by atoms with Gasteiger partial charge in [0.25, 0.3) is 0 Å². The monoisotopic (exact) mass is 361 g/mol. The molecule has 0 bridgehead atoms. The van der Waals surface area contributed by atoms with Crippen molar-refractivity contribution < 1.29 is 9.47 Å². The maximum absolute atomic E-state index is 5.37. The first-order valence-electron chi connectivity index (χ1n) is 9.22. The first-order valence-corrected chi connectivity index (χ1v) is 9.22. The lowest BCUT2D eigenvalue weighted by Gasteiger charge is -2.39. The summed E-state index contributed by atoms with van der Waals surface area (Å²) in [5.74, 6) is 1.69. The third-order valence-electron chi connectivity index (χ3n) is 4.76. The Morgan fingerprint density at radius 3 is 1.41 bits per heavy atom. The van der Waals surface area contributed by atoms with Gasteiger partial charge >= 0.3 is 0 Å². The van der Waals surface area contributed by atoms with Crippen molar-refractivity contribution in [2.75, 3.05) is 14.2 Å². The van der Waals surface area contributed by atoms with E-state index < -0.39 is 5.54 Å². The molecule has 140 valence electrons. The summed E-state index contributed by atoms with van der Waals surface area (Å²) in [6, 6.07) is 27.4. The quantitative estimate of drug-likeness (QED) is 0.601. The van der Waals surface area contributed by atoms with E-state index >= 15 is 0 Å². The molecule has 0 saturated carbocycles. The van der Waals surface area contributed by atoms with E-state index in [0.717, 1.165) is 22.6 Å². The van der Waals surface area contributed by atoms with Gasteiger partial charge in [0.05, 0.1) is 19.8 Å². The van der Waals surface area contributed by atoms with Crippen LogP contribution in [0.15, 0.2) is 78.9 Å². The van der Waals surface area contributed by atoms with Crippen molar-refractivity contribution in [2.45, 2.75) is 25.4 Å². The molecule has 0 unspecified atom stereocenters. The van der Waals surface area contributed by atoms with Gasteiger partial charge in [-0.15, -0.1) is 0 Å². The number of benzene rings is 3. The molecule has 0 fully saturated rings. The van der Waals surface area contributed by atoms with E-state index in [4.69, 9.17) is 9.47 Å². The zero-order valence-electron chi connectivity index (χ0n) is 16.4. The second-order valence-electron chi connectivity index (χ2n) is 6.87. The second kappa shape index (κ2) is 8.28. The van der Waals surface area contributed by atoms with Crippen molar-refractivity contribution in [1.82, 2.24) is 5.32 Å². The molecule has 0 aliphatic rings. The normalized spacial score (nSPS) is 11.4. The van der Waals surface area contributed by atoms with Gasteiger partial charge in [-0.1, -0.05) is 54.6 Å². The largest absolute Gasteiger partial charge is 0.497 e. The summed E-state index contributed by atoms with van der Waals surface area (Å²) in [5.41, 5.74) is 3.03. The van der Waals surface area contributed by atoms with E-state index in [0.29, 0.717) is 0 Å². The minimum atomic E-state index is -0.478. The Morgan fingerprint density at radius 2 is 1.04 bits per heavy atom. The first kappa shape index (κ1) is 19.0. The fourth-order valence-electron chi connectivity index (χ4n) is 3.55. The molecule has 1 N–H and O–H groups in total. The maximum atomic E-state index is 5.37. The average Bonchev–Trinajstić information content (AvgIpc) is 2.73. The Labute approximate surface area is 162 Å². The highest BCUT2D eigenvalue weighted by Crippen LogP contribution is 2.38. The zero-order valence-corrected chi connectivity index (χ0v) is 16.4. The number of hydrogen-bond acceptors (Lipinski definition) is 3. The van der Waals surface area contributed by atoms with Crippen LogP contribution in [0.4, 0.5) is 0 Å². The van der Waals surface area contributed by atoms with Crippen LogP contribution in [0.2, 0.25) is 0 Å². The molecule has 3 nitrogen and oxygen atoms in total. The Kier molecular flexibility index (Phi) is 5.82. The minimum absolute atomic E-state index is 0.273. The van der Waals surface area contributed by atoms with Crippen LogP contribution in [0.25, 0.3) is 0 Å². The van der Waals surface area contributed by atoms with Crippen molar-refractivity contribution in [1.29, 1.82) is 0 Å². The molecular formula is C24H27NO2. The molecule has 0 aromatic heterocycles. The predicted molar refractivity (Wildman–Crippen MR) is 111 cm³/mol. The number of rotatable bonds is 7. The van der Waals surface area contributed by atoms with Gasteiger partial charge in [0.2, 0.25) is 0 Å². The lowest BCUT2D eigenvalue weighted by molar-refractivity contribution is 0.407. The van der Waals surface area contributed by atoms with Gasteiger partial charge in [0.1, 0.15) is 11.5 Å². The molecule has 3 heteroatoms. The Hall–Kier alpha value is -2.78. The van der Waals surface area contributed by atoms with Gasteiger partial charge in [0, 0.05) is 6.04 Å². The average molecular weight is 361 g/mol. The number of methoxy groups -OCH3 is 2. The molecule has 27 heavy (non-hydrogen) atoms. The van der Waals surface area contributed by atoms with E-state index in [-0.39, 0.29) is 6.04 Å². The number of hydrogen-bond donors (Lipinski definition) is 1. The molecule has 3 aromatic rings. The van der Waals surface area contributed by atoms with Crippen LogP contribution in [0.1, 0.15) is 30.5 Å². The minimum Gasteiger partial charge on any atom is -0.497 e. The topological polar surface area (TPSA) is 30.5 Å². The number of nitrogens with one attached hydrogen (secondary N) is 1. The molecule has 3 rings (SSSR count). The van der Waals surface area contributed by atoms with E-state index in [1.54, 1.807) is 14.2 Å². The van der Waals surface area contributed by atoms with E-state index in [2.05, 4.69) is 67.7 Å². The lowest BCUT2D eigenvalue weighted by Crippen LogP contribution is -2.47. The van der Waals surface area contributed by atoms with Crippen molar-refractivity contribution in [3.05, 3.63) is 95.6 Å². The van der Waals surface area contributed by atoms with E-state index in [1.807, 2.05) is 30.3 Å². The Morgan fingerprint density at radius 1 is 0.630 bits per heavy atom. The summed E-state index contributed by atoms with van der Waals surface area (Å²) in [6.45, 7) is 4.34. The third-order valence-corrected chi connectivity index (χ3v) is 4.76.